The first kappa shape index (κ1) is 16.1. The predicted octanol–water partition coefficient (Wildman–Crippen LogP) is 1.11. The number of aromatic nitrogens is 4. The maximum atomic E-state index is 12.5. The molecule has 1 amide bonds. The van der Waals surface area contributed by atoms with Gasteiger partial charge >= 0.3 is 5.97 Å². The minimum Gasteiger partial charge on any atom is -0.480 e. The third-order valence-corrected chi connectivity index (χ3v) is 4.04. The quantitative estimate of drug-likeness (QED) is 0.852. The van der Waals surface area contributed by atoms with E-state index in [-0.39, 0.29) is 18.5 Å². The van der Waals surface area contributed by atoms with Crippen LogP contribution in [0.25, 0.3) is 11.4 Å². The van der Waals surface area contributed by atoms with E-state index in [1.807, 2.05) is 31.2 Å². The summed E-state index contributed by atoms with van der Waals surface area (Å²) in [6.45, 7) is 3.39. The van der Waals surface area contributed by atoms with Crippen molar-refractivity contribution in [2.75, 3.05) is 0 Å². The summed E-state index contributed by atoms with van der Waals surface area (Å²) in [5.74, 6) is -0.880. The average Bonchev–Trinajstić information content (AvgIpc) is 3.26. The lowest BCUT2D eigenvalue weighted by Gasteiger charge is -2.26. The van der Waals surface area contributed by atoms with Gasteiger partial charge in [-0.3, -0.25) is 4.79 Å². The van der Waals surface area contributed by atoms with Crippen LogP contribution in [-0.4, -0.2) is 54.2 Å². The third-order valence-electron chi connectivity index (χ3n) is 4.04. The maximum Gasteiger partial charge on any atom is 0.326 e. The fraction of sp³-hybridized carbons (Fsp3) is 0.438. The molecule has 8 nitrogen and oxygen atoms in total. The molecule has 1 unspecified atom stereocenters. The van der Waals surface area contributed by atoms with Crippen LogP contribution in [0.15, 0.2) is 24.3 Å². The molecule has 1 atom stereocenters. The van der Waals surface area contributed by atoms with Gasteiger partial charge < -0.3 is 10.0 Å². The predicted molar refractivity (Wildman–Crippen MR) is 85.0 cm³/mol. The molecule has 24 heavy (non-hydrogen) atoms. The lowest BCUT2D eigenvalue weighted by molar-refractivity contribution is -0.150. The minimum absolute atomic E-state index is 0.00342. The van der Waals surface area contributed by atoms with Crippen LogP contribution in [0.5, 0.6) is 0 Å². The van der Waals surface area contributed by atoms with E-state index in [4.69, 9.17) is 0 Å². The number of benzene rings is 1. The zero-order valence-electron chi connectivity index (χ0n) is 13.6. The number of aliphatic carboxylic acids is 1. The average molecular weight is 329 g/mol. The van der Waals surface area contributed by atoms with E-state index >= 15 is 0 Å². The number of nitrogens with zero attached hydrogens (tertiary/aromatic N) is 5. The summed E-state index contributed by atoms with van der Waals surface area (Å²) in [5.41, 5.74) is 1.95. The highest BCUT2D eigenvalue weighted by atomic mass is 16.4. The van der Waals surface area contributed by atoms with Crippen molar-refractivity contribution in [3.8, 4) is 11.4 Å². The van der Waals surface area contributed by atoms with Gasteiger partial charge in [0.05, 0.1) is 0 Å². The number of hydrogen-bond donors (Lipinski definition) is 1. The van der Waals surface area contributed by atoms with Crippen molar-refractivity contribution in [1.82, 2.24) is 25.1 Å². The fourth-order valence-corrected chi connectivity index (χ4v) is 2.54. The van der Waals surface area contributed by atoms with Crippen LogP contribution in [0.1, 0.15) is 25.3 Å². The molecule has 1 fully saturated rings. The van der Waals surface area contributed by atoms with Crippen LogP contribution < -0.4 is 0 Å². The second-order valence-electron chi connectivity index (χ2n) is 6.06. The molecule has 1 aromatic heterocycles. The molecule has 0 bridgehead atoms. The van der Waals surface area contributed by atoms with Crippen LogP contribution in [0.2, 0.25) is 0 Å². The molecule has 1 heterocycles. The molecule has 0 spiro atoms. The molecular formula is C16H19N5O3. The lowest BCUT2D eigenvalue weighted by Crippen LogP contribution is -2.46. The number of tetrazole rings is 1. The summed E-state index contributed by atoms with van der Waals surface area (Å²) >= 11 is 0. The highest BCUT2D eigenvalue weighted by Crippen LogP contribution is 2.29. The van der Waals surface area contributed by atoms with Crippen LogP contribution in [0, 0.1) is 6.92 Å². The Kier molecular flexibility index (Phi) is 4.28. The summed E-state index contributed by atoms with van der Waals surface area (Å²) in [5, 5.41) is 21.3. The van der Waals surface area contributed by atoms with Gasteiger partial charge in [-0.1, -0.05) is 29.8 Å². The first-order valence-corrected chi connectivity index (χ1v) is 7.84. The number of rotatable bonds is 6. The van der Waals surface area contributed by atoms with Gasteiger partial charge in [-0.15, -0.1) is 10.2 Å². The Balaban J connectivity index is 1.72. The Morgan fingerprint density at radius 3 is 2.58 bits per heavy atom. The number of carboxylic acids is 1. The normalized spacial score (nSPS) is 15.1. The number of amides is 1. The summed E-state index contributed by atoms with van der Waals surface area (Å²) in [7, 11) is 0. The Labute approximate surface area is 139 Å². The van der Waals surface area contributed by atoms with Gasteiger partial charge in [0.2, 0.25) is 11.7 Å². The van der Waals surface area contributed by atoms with Gasteiger partial charge in [0, 0.05) is 11.6 Å². The van der Waals surface area contributed by atoms with E-state index in [0.717, 1.165) is 24.0 Å². The first-order valence-electron chi connectivity index (χ1n) is 7.84. The van der Waals surface area contributed by atoms with E-state index in [9.17, 15) is 14.7 Å². The van der Waals surface area contributed by atoms with Crippen molar-refractivity contribution < 1.29 is 14.7 Å². The van der Waals surface area contributed by atoms with Crippen molar-refractivity contribution in [3.63, 3.8) is 0 Å². The van der Waals surface area contributed by atoms with Crippen molar-refractivity contribution in [2.45, 2.75) is 45.3 Å². The highest BCUT2D eigenvalue weighted by molar-refractivity contribution is 5.83. The van der Waals surface area contributed by atoms with Crippen molar-refractivity contribution in [1.29, 1.82) is 0 Å². The highest BCUT2D eigenvalue weighted by Gasteiger charge is 2.38. The van der Waals surface area contributed by atoms with E-state index in [1.165, 1.54) is 16.6 Å². The number of carboxylic acid groups (broad SMARTS) is 1. The molecule has 1 N–H and O–H groups in total. The van der Waals surface area contributed by atoms with E-state index in [1.54, 1.807) is 0 Å². The van der Waals surface area contributed by atoms with Gasteiger partial charge in [0.1, 0.15) is 12.6 Å². The number of carbonyl (C=O) groups excluding carboxylic acids is 1. The van der Waals surface area contributed by atoms with Crippen molar-refractivity contribution >= 4 is 11.9 Å². The molecule has 8 heteroatoms. The zero-order chi connectivity index (χ0) is 17.3. The second kappa shape index (κ2) is 6.38. The van der Waals surface area contributed by atoms with Gasteiger partial charge in [-0.05, 0) is 31.9 Å². The molecular weight excluding hydrogens is 310 g/mol. The van der Waals surface area contributed by atoms with Crippen molar-refractivity contribution in [3.05, 3.63) is 29.8 Å². The molecule has 2 aromatic rings. The largest absolute Gasteiger partial charge is 0.480 e. The smallest absolute Gasteiger partial charge is 0.326 e. The lowest BCUT2D eigenvalue weighted by atomic mass is 10.1. The van der Waals surface area contributed by atoms with Gasteiger partial charge in [0.25, 0.3) is 0 Å². The monoisotopic (exact) mass is 329 g/mol. The van der Waals surface area contributed by atoms with Crippen LogP contribution in [0.4, 0.5) is 0 Å². The maximum absolute atomic E-state index is 12.5. The standard InChI is InChI=1S/C16H19N5O3/c1-10-3-5-12(6-4-10)15-17-19-20(18-15)9-14(22)21(13-7-8-13)11(2)16(23)24/h3-6,11,13H,7-9H2,1-2H3,(H,23,24). The minimum atomic E-state index is -1.01. The summed E-state index contributed by atoms with van der Waals surface area (Å²) in [4.78, 5) is 26.3. The topological polar surface area (TPSA) is 101 Å². The van der Waals surface area contributed by atoms with Crippen LogP contribution in [0.3, 0.4) is 0 Å². The van der Waals surface area contributed by atoms with Gasteiger partial charge in [-0.25, -0.2) is 4.79 Å². The zero-order valence-corrected chi connectivity index (χ0v) is 13.6. The van der Waals surface area contributed by atoms with Crippen LogP contribution in [-0.2, 0) is 16.1 Å². The molecule has 126 valence electrons. The molecule has 0 radical (unpaired) electrons. The summed E-state index contributed by atoms with van der Waals surface area (Å²) in [6.07, 6.45) is 1.67. The third kappa shape index (κ3) is 3.42. The number of aryl methyl sites for hydroxylation is 1. The van der Waals surface area contributed by atoms with Gasteiger partial charge in [-0.2, -0.15) is 4.80 Å². The van der Waals surface area contributed by atoms with E-state index in [0.29, 0.717) is 5.82 Å². The Morgan fingerprint density at radius 2 is 2.00 bits per heavy atom. The summed E-state index contributed by atoms with van der Waals surface area (Å²) in [6, 6.07) is 6.83. The van der Waals surface area contributed by atoms with Crippen LogP contribution >= 0.6 is 0 Å². The van der Waals surface area contributed by atoms with E-state index < -0.39 is 12.0 Å². The molecule has 3 rings (SSSR count). The molecule has 1 aliphatic rings. The van der Waals surface area contributed by atoms with Crippen molar-refractivity contribution in [2.24, 2.45) is 0 Å². The molecule has 1 aliphatic carbocycles. The number of carbonyl (C=O) groups is 2. The Morgan fingerprint density at radius 1 is 1.33 bits per heavy atom. The van der Waals surface area contributed by atoms with E-state index in [2.05, 4.69) is 15.4 Å². The number of hydrogen-bond acceptors (Lipinski definition) is 5. The second-order valence-corrected chi connectivity index (χ2v) is 6.06. The first-order chi connectivity index (χ1) is 11.5. The Bertz CT molecular complexity index is 751. The molecule has 1 saturated carbocycles. The molecule has 0 saturated heterocycles. The van der Waals surface area contributed by atoms with Gasteiger partial charge in [0.15, 0.2) is 0 Å². The Hall–Kier alpha value is -2.77. The summed E-state index contributed by atoms with van der Waals surface area (Å²) < 4.78 is 0. The fourth-order valence-electron chi connectivity index (χ4n) is 2.54. The molecule has 0 aliphatic heterocycles. The SMILES string of the molecule is Cc1ccc(-c2nnn(CC(=O)N(C3CC3)C(C)C(=O)O)n2)cc1. The molecule has 1 aromatic carbocycles.